The summed E-state index contributed by atoms with van der Waals surface area (Å²) in [6.07, 6.45) is 1.86. The van der Waals surface area contributed by atoms with E-state index in [1.807, 2.05) is 36.1 Å². The largest absolute Gasteiger partial charge is 0.380 e. The van der Waals surface area contributed by atoms with Gasteiger partial charge >= 0.3 is 6.03 Å². The Morgan fingerprint density at radius 3 is 2.79 bits per heavy atom. The smallest absolute Gasteiger partial charge is 0.323 e. The van der Waals surface area contributed by atoms with Crippen LogP contribution in [0.5, 0.6) is 0 Å². The molecule has 2 aromatic heterocycles. The number of anilines is 1. The number of aryl methyl sites for hydroxylation is 2. The van der Waals surface area contributed by atoms with Crippen LogP contribution in [-0.2, 0) is 11.8 Å². The van der Waals surface area contributed by atoms with Gasteiger partial charge in [-0.2, -0.15) is 10.4 Å². The average Bonchev–Trinajstić information content (AvgIpc) is 3.35. The van der Waals surface area contributed by atoms with Crippen LogP contribution in [0.3, 0.4) is 0 Å². The van der Waals surface area contributed by atoms with Crippen LogP contribution in [0.4, 0.5) is 9.93 Å². The number of carbonyl (C=O) groups is 1. The van der Waals surface area contributed by atoms with Gasteiger partial charge in [0.2, 0.25) is 0 Å². The molecule has 170 valence electrons. The van der Waals surface area contributed by atoms with Crippen LogP contribution in [0.1, 0.15) is 11.1 Å². The van der Waals surface area contributed by atoms with Crippen molar-refractivity contribution in [3.8, 4) is 27.8 Å². The zero-order chi connectivity index (χ0) is 23.4. The minimum Gasteiger partial charge on any atom is -0.380 e. The van der Waals surface area contributed by atoms with Crippen molar-refractivity contribution < 1.29 is 9.53 Å². The predicted octanol–water partition coefficient (Wildman–Crippen LogP) is 4.41. The lowest BCUT2D eigenvalue weighted by Crippen LogP contribution is -2.67. The number of likely N-dealkylation sites (tertiary alicyclic amines) is 1. The van der Waals surface area contributed by atoms with Crippen molar-refractivity contribution in [2.24, 2.45) is 12.5 Å². The van der Waals surface area contributed by atoms with Crippen molar-refractivity contribution in [3.63, 3.8) is 0 Å². The molecule has 1 spiro atoms. The Kier molecular flexibility index (Phi) is 4.69. The molecule has 1 N–H and O–H groups in total. The van der Waals surface area contributed by atoms with E-state index in [1.54, 1.807) is 11.0 Å². The SMILES string of the molecule is Cc1cc(-c2sc(NC(=O)N3CC4(COC4)C3)nc2-c2cccc(C#N)c2)cc2cnn(C)c12. The molecule has 6 rings (SSSR count). The van der Waals surface area contributed by atoms with Gasteiger partial charge in [-0.05, 0) is 42.3 Å². The molecule has 2 fully saturated rings. The van der Waals surface area contributed by atoms with Crippen LogP contribution < -0.4 is 5.32 Å². The number of aromatic nitrogens is 3. The topological polar surface area (TPSA) is 96.1 Å². The maximum Gasteiger partial charge on any atom is 0.323 e. The molecule has 8 nitrogen and oxygen atoms in total. The van der Waals surface area contributed by atoms with E-state index in [4.69, 9.17) is 9.72 Å². The first-order valence-corrected chi connectivity index (χ1v) is 11.8. The molecular formula is C25H22N6O2S. The van der Waals surface area contributed by atoms with Crippen LogP contribution >= 0.6 is 11.3 Å². The first-order chi connectivity index (χ1) is 16.4. The molecule has 0 atom stereocenters. The molecule has 9 heteroatoms. The number of urea groups is 1. The van der Waals surface area contributed by atoms with Crippen LogP contribution in [0.15, 0.2) is 42.6 Å². The summed E-state index contributed by atoms with van der Waals surface area (Å²) in [5.74, 6) is 0. The van der Waals surface area contributed by atoms with Crippen molar-refractivity contribution in [2.45, 2.75) is 6.92 Å². The number of hydrogen-bond acceptors (Lipinski definition) is 6. The molecule has 4 heterocycles. The Balaban J connectivity index is 1.39. The first-order valence-electron chi connectivity index (χ1n) is 11.0. The fraction of sp³-hybridized carbons (Fsp3) is 0.280. The van der Waals surface area contributed by atoms with Crippen molar-refractivity contribution in [3.05, 3.63) is 53.7 Å². The highest BCUT2D eigenvalue weighted by Crippen LogP contribution is 2.42. The zero-order valence-electron chi connectivity index (χ0n) is 18.8. The fourth-order valence-corrected chi connectivity index (χ4v) is 5.80. The highest BCUT2D eigenvalue weighted by atomic mass is 32.1. The number of rotatable bonds is 3. The highest BCUT2D eigenvalue weighted by Gasteiger charge is 2.50. The maximum atomic E-state index is 12.8. The number of carbonyl (C=O) groups excluding carboxylic acids is 1. The lowest BCUT2D eigenvalue weighted by Gasteiger charge is -2.54. The van der Waals surface area contributed by atoms with Gasteiger partial charge in [-0.1, -0.05) is 23.5 Å². The highest BCUT2D eigenvalue weighted by molar-refractivity contribution is 7.19. The lowest BCUT2D eigenvalue weighted by atomic mass is 9.78. The van der Waals surface area contributed by atoms with E-state index in [1.165, 1.54) is 11.3 Å². The Hall–Kier alpha value is -3.74. The number of ether oxygens (including phenoxy) is 1. The summed E-state index contributed by atoms with van der Waals surface area (Å²) in [4.78, 5) is 20.4. The van der Waals surface area contributed by atoms with E-state index in [0.717, 1.165) is 51.4 Å². The normalized spacial score (nSPS) is 16.2. The second-order valence-electron chi connectivity index (χ2n) is 9.17. The Bertz CT molecular complexity index is 1490. The molecule has 34 heavy (non-hydrogen) atoms. The summed E-state index contributed by atoms with van der Waals surface area (Å²) in [6, 6.07) is 13.7. The molecular weight excluding hydrogens is 448 g/mol. The maximum absolute atomic E-state index is 12.8. The van der Waals surface area contributed by atoms with E-state index >= 15 is 0 Å². The van der Waals surface area contributed by atoms with Crippen LogP contribution in [0.25, 0.3) is 32.6 Å². The molecule has 2 aliphatic heterocycles. The average molecular weight is 471 g/mol. The Labute approximate surface area is 200 Å². The van der Waals surface area contributed by atoms with Crippen molar-refractivity contribution >= 4 is 33.4 Å². The van der Waals surface area contributed by atoms with Crippen LogP contribution in [-0.4, -0.2) is 52.0 Å². The van der Waals surface area contributed by atoms with Crippen molar-refractivity contribution in [2.75, 3.05) is 31.6 Å². The van der Waals surface area contributed by atoms with Crippen molar-refractivity contribution in [1.29, 1.82) is 5.26 Å². The molecule has 0 radical (unpaired) electrons. The zero-order valence-corrected chi connectivity index (χ0v) is 19.6. The molecule has 2 aromatic carbocycles. The van der Waals surface area contributed by atoms with Gasteiger partial charge < -0.3 is 9.64 Å². The van der Waals surface area contributed by atoms with Crippen molar-refractivity contribution in [1.82, 2.24) is 19.7 Å². The van der Waals surface area contributed by atoms with Gasteiger partial charge in [0, 0.05) is 31.1 Å². The lowest BCUT2D eigenvalue weighted by molar-refractivity contribution is -0.174. The molecule has 2 aliphatic rings. The van der Waals surface area contributed by atoms with E-state index in [-0.39, 0.29) is 11.4 Å². The Morgan fingerprint density at radius 2 is 2.06 bits per heavy atom. The predicted molar refractivity (Wildman–Crippen MR) is 131 cm³/mol. The first kappa shape index (κ1) is 20.8. The minimum atomic E-state index is -0.144. The van der Waals surface area contributed by atoms with Crippen LogP contribution in [0, 0.1) is 23.7 Å². The third-order valence-corrected chi connectivity index (χ3v) is 7.57. The van der Waals surface area contributed by atoms with Gasteiger partial charge in [0.1, 0.15) is 0 Å². The van der Waals surface area contributed by atoms with Gasteiger partial charge in [0.15, 0.2) is 5.13 Å². The second-order valence-corrected chi connectivity index (χ2v) is 10.2. The number of nitrogens with zero attached hydrogens (tertiary/aromatic N) is 5. The van der Waals surface area contributed by atoms with Gasteiger partial charge in [0.25, 0.3) is 0 Å². The Morgan fingerprint density at radius 1 is 1.24 bits per heavy atom. The minimum absolute atomic E-state index is 0.144. The number of benzene rings is 2. The molecule has 4 aromatic rings. The second kappa shape index (κ2) is 7.65. The van der Waals surface area contributed by atoms with E-state index in [0.29, 0.717) is 23.8 Å². The number of nitriles is 1. The summed E-state index contributed by atoms with van der Waals surface area (Å²) >= 11 is 1.44. The van der Waals surface area contributed by atoms with Gasteiger partial charge in [-0.3, -0.25) is 10.00 Å². The monoisotopic (exact) mass is 470 g/mol. The van der Waals surface area contributed by atoms with Gasteiger partial charge in [0.05, 0.1) is 52.5 Å². The molecule has 0 saturated carbocycles. The third-order valence-electron chi connectivity index (χ3n) is 6.55. The molecule has 2 amide bonds. The van der Waals surface area contributed by atoms with E-state index in [9.17, 15) is 10.1 Å². The number of amides is 2. The van der Waals surface area contributed by atoms with Gasteiger partial charge in [-0.15, -0.1) is 0 Å². The summed E-state index contributed by atoms with van der Waals surface area (Å²) in [5.41, 5.74) is 5.50. The van der Waals surface area contributed by atoms with Gasteiger partial charge in [-0.25, -0.2) is 9.78 Å². The molecule has 0 aliphatic carbocycles. The summed E-state index contributed by atoms with van der Waals surface area (Å²) in [7, 11) is 1.93. The standard InChI is InChI=1S/C25H22N6O2S/c1-15-6-18(8-19-10-27-30(2)21(15)19)22-20(17-5-3-4-16(7-17)9-26)28-23(34-22)29-24(32)31-11-25(12-31)13-33-14-25/h3-8,10H,11-14H2,1-2H3,(H,28,29,32). The molecule has 0 bridgehead atoms. The number of thiazole rings is 1. The fourth-order valence-electron chi connectivity index (χ4n) is 4.84. The summed E-state index contributed by atoms with van der Waals surface area (Å²) < 4.78 is 7.18. The molecule has 2 saturated heterocycles. The van der Waals surface area contributed by atoms with E-state index < -0.39 is 0 Å². The van der Waals surface area contributed by atoms with Crippen LogP contribution in [0.2, 0.25) is 0 Å². The third kappa shape index (κ3) is 3.34. The van der Waals surface area contributed by atoms with E-state index in [2.05, 4.69) is 35.5 Å². The quantitative estimate of drug-likeness (QED) is 0.479. The number of nitrogens with one attached hydrogen (secondary N) is 1. The number of fused-ring (bicyclic) bond motifs is 1. The number of hydrogen-bond donors (Lipinski definition) is 1. The summed E-state index contributed by atoms with van der Waals surface area (Å²) in [6.45, 7) is 4.95. The summed E-state index contributed by atoms with van der Waals surface area (Å²) in [5, 5.41) is 18.3. The molecule has 0 unspecified atom stereocenters.